The van der Waals surface area contributed by atoms with Crippen LogP contribution in [0.5, 0.6) is 0 Å². The molecule has 0 atom stereocenters. The average molecular weight is 343 g/mol. The summed E-state index contributed by atoms with van der Waals surface area (Å²) in [4.78, 5) is 9.57. The highest BCUT2D eigenvalue weighted by Gasteiger charge is 2.29. The SMILES string of the molecule is c1ccc(CCc2n[nH]c(Cn3c(C4CC4)nc4ccccc43)n2)cc1. The van der Waals surface area contributed by atoms with Crippen molar-refractivity contribution >= 4 is 11.0 Å². The smallest absolute Gasteiger partial charge is 0.151 e. The molecule has 0 saturated heterocycles. The number of H-pyrrole nitrogens is 1. The van der Waals surface area contributed by atoms with E-state index in [9.17, 15) is 0 Å². The lowest BCUT2D eigenvalue weighted by Crippen LogP contribution is -2.06. The molecule has 5 rings (SSSR count). The van der Waals surface area contributed by atoms with Crippen molar-refractivity contribution in [2.24, 2.45) is 0 Å². The summed E-state index contributed by atoms with van der Waals surface area (Å²) < 4.78 is 2.30. The van der Waals surface area contributed by atoms with Crippen LogP contribution in [-0.4, -0.2) is 24.7 Å². The third kappa shape index (κ3) is 3.01. The monoisotopic (exact) mass is 343 g/mol. The minimum absolute atomic E-state index is 0.600. The van der Waals surface area contributed by atoms with E-state index in [0.29, 0.717) is 12.5 Å². The number of nitrogens with one attached hydrogen (secondary N) is 1. The van der Waals surface area contributed by atoms with E-state index < -0.39 is 0 Å². The fourth-order valence-electron chi connectivity index (χ4n) is 3.48. The second-order valence-electron chi connectivity index (χ2n) is 7.00. The fourth-order valence-corrected chi connectivity index (χ4v) is 3.48. The summed E-state index contributed by atoms with van der Waals surface area (Å²) in [6.07, 6.45) is 4.28. The van der Waals surface area contributed by atoms with Crippen LogP contribution in [-0.2, 0) is 19.4 Å². The molecule has 0 radical (unpaired) electrons. The second-order valence-corrected chi connectivity index (χ2v) is 7.00. The molecule has 1 aliphatic rings. The van der Waals surface area contributed by atoms with Crippen molar-refractivity contribution in [2.45, 2.75) is 38.1 Å². The third-order valence-electron chi connectivity index (χ3n) is 4.99. The van der Waals surface area contributed by atoms with Gasteiger partial charge in [-0.05, 0) is 37.0 Å². The lowest BCUT2D eigenvalue weighted by atomic mass is 10.1. The minimum Gasteiger partial charge on any atom is -0.320 e. The van der Waals surface area contributed by atoms with Crippen molar-refractivity contribution in [1.82, 2.24) is 24.7 Å². The van der Waals surface area contributed by atoms with Gasteiger partial charge in [0.05, 0.1) is 17.6 Å². The highest BCUT2D eigenvalue weighted by Crippen LogP contribution is 2.40. The van der Waals surface area contributed by atoms with Gasteiger partial charge in [-0.1, -0.05) is 42.5 Å². The lowest BCUT2D eigenvalue weighted by Gasteiger charge is -2.06. The summed E-state index contributed by atoms with van der Waals surface area (Å²) in [7, 11) is 0. The molecule has 0 unspecified atom stereocenters. The normalized spacial score (nSPS) is 14.2. The Morgan fingerprint density at radius 2 is 1.73 bits per heavy atom. The Bertz CT molecular complexity index is 1030. The van der Waals surface area contributed by atoms with Crippen LogP contribution in [0.25, 0.3) is 11.0 Å². The van der Waals surface area contributed by atoms with E-state index in [1.807, 2.05) is 12.1 Å². The molecule has 26 heavy (non-hydrogen) atoms. The first-order chi connectivity index (χ1) is 12.9. The number of rotatable bonds is 6. The van der Waals surface area contributed by atoms with Gasteiger partial charge < -0.3 is 4.57 Å². The van der Waals surface area contributed by atoms with E-state index in [0.717, 1.165) is 30.0 Å². The largest absolute Gasteiger partial charge is 0.320 e. The standard InChI is InChI=1S/C21H21N5/c1-2-6-15(7-3-1)10-13-19-23-20(25-24-19)14-26-18-9-5-4-8-17(18)22-21(26)16-11-12-16/h1-9,16H,10-14H2,(H,23,24,25). The summed E-state index contributed by atoms with van der Waals surface area (Å²) in [6, 6.07) is 18.8. The molecule has 130 valence electrons. The summed E-state index contributed by atoms with van der Waals surface area (Å²) in [5, 5.41) is 7.53. The van der Waals surface area contributed by atoms with Crippen molar-refractivity contribution < 1.29 is 0 Å². The zero-order valence-corrected chi connectivity index (χ0v) is 14.6. The first-order valence-electron chi connectivity index (χ1n) is 9.26. The van der Waals surface area contributed by atoms with Gasteiger partial charge in [-0.25, -0.2) is 9.97 Å². The van der Waals surface area contributed by atoms with E-state index in [4.69, 9.17) is 9.97 Å². The number of benzene rings is 2. The number of para-hydroxylation sites is 2. The van der Waals surface area contributed by atoms with Crippen molar-refractivity contribution in [3.63, 3.8) is 0 Å². The van der Waals surface area contributed by atoms with Gasteiger partial charge in [-0.3, -0.25) is 5.10 Å². The van der Waals surface area contributed by atoms with Crippen LogP contribution in [0.1, 0.15) is 41.8 Å². The van der Waals surface area contributed by atoms with Gasteiger partial charge in [0, 0.05) is 12.3 Å². The van der Waals surface area contributed by atoms with E-state index in [-0.39, 0.29) is 0 Å². The number of aryl methyl sites for hydroxylation is 2. The van der Waals surface area contributed by atoms with E-state index in [2.05, 4.69) is 57.2 Å². The van der Waals surface area contributed by atoms with Crippen LogP contribution in [0.2, 0.25) is 0 Å². The van der Waals surface area contributed by atoms with Crippen LogP contribution in [0.15, 0.2) is 54.6 Å². The minimum atomic E-state index is 0.600. The van der Waals surface area contributed by atoms with Crippen LogP contribution in [0, 0.1) is 0 Å². The van der Waals surface area contributed by atoms with E-state index in [1.54, 1.807) is 0 Å². The summed E-state index contributed by atoms with van der Waals surface area (Å²) >= 11 is 0. The Labute approximate surface area is 152 Å². The number of hydrogen-bond donors (Lipinski definition) is 1. The highest BCUT2D eigenvalue weighted by atomic mass is 15.2. The predicted octanol–water partition coefficient (Wildman–Crippen LogP) is 3.87. The highest BCUT2D eigenvalue weighted by molar-refractivity contribution is 5.76. The Kier molecular flexibility index (Phi) is 3.77. The lowest BCUT2D eigenvalue weighted by molar-refractivity contribution is 0.712. The van der Waals surface area contributed by atoms with Crippen molar-refractivity contribution in [1.29, 1.82) is 0 Å². The molecule has 5 heteroatoms. The topological polar surface area (TPSA) is 59.4 Å². The Morgan fingerprint density at radius 1 is 0.923 bits per heavy atom. The van der Waals surface area contributed by atoms with Gasteiger partial charge in [0.25, 0.3) is 0 Å². The number of nitrogens with zero attached hydrogens (tertiary/aromatic N) is 4. The van der Waals surface area contributed by atoms with E-state index in [1.165, 1.54) is 29.7 Å². The van der Waals surface area contributed by atoms with Gasteiger partial charge in [-0.15, -0.1) is 0 Å². The van der Waals surface area contributed by atoms with Crippen LogP contribution in [0.3, 0.4) is 0 Å². The molecular weight excluding hydrogens is 322 g/mol. The van der Waals surface area contributed by atoms with Gasteiger partial charge in [0.2, 0.25) is 0 Å². The molecule has 1 fully saturated rings. The summed E-state index contributed by atoms with van der Waals surface area (Å²) in [5.74, 6) is 3.57. The first kappa shape index (κ1) is 15.3. The Morgan fingerprint density at radius 3 is 2.58 bits per heavy atom. The van der Waals surface area contributed by atoms with Crippen LogP contribution < -0.4 is 0 Å². The molecule has 2 aromatic carbocycles. The first-order valence-corrected chi connectivity index (χ1v) is 9.26. The summed E-state index contributed by atoms with van der Waals surface area (Å²) in [5.41, 5.74) is 3.56. The number of aromatic amines is 1. The van der Waals surface area contributed by atoms with Crippen molar-refractivity contribution in [3.8, 4) is 0 Å². The molecular formula is C21H21N5. The average Bonchev–Trinajstić information content (AvgIpc) is 3.33. The second kappa shape index (κ2) is 6.41. The van der Waals surface area contributed by atoms with Gasteiger partial charge in [0.1, 0.15) is 11.6 Å². The maximum Gasteiger partial charge on any atom is 0.151 e. The molecule has 0 spiro atoms. The van der Waals surface area contributed by atoms with E-state index >= 15 is 0 Å². The van der Waals surface area contributed by atoms with Gasteiger partial charge in [-0.2, -0.15) is 5.10 Å². The molecule has 0 amide bonds. The Balaban J connectivity index is 1.36. The Hall–Kier alpha value is -2.95. The maximum absolute atomic E-state index is 4.85. The molecule has 0 aliphatic heterocycles. The third-order valence-corrected chi connectivity index (χ3v) is 4.99. The molecule has 1 aliphatic carbocycles. The maximum atomic E-state index is 4.85. The van der Waals surface area contributed by atoms with Gasteiger partial charge in [0.15, 0.2) is 5.82 Å². The number of aromatic nitrogens is 5. The predicted molar refractivity (Wildman–Crippen MR) is 101 cm³/mol. The van der Waals surface area contributed by atoms with Crippen LogP contribution in [0.4, 0.5) is 0 Å². The van der Waals surface area contributed by atoms with Crippen molar-refractivity contribution in [2.75, 3.05) is 0 Å². The zero-order chi connectivity index (χ0) is 17.3. The quantitative estimate of drug-likeness (QED) is 0.578. The van der Waals surface area contributed by atoms with Crippen molar-refractivity contribution in [3.05, 3.63) is 77.6 Å². The van der Waals surface area contributed by atoms with Crippen LogP contribution >= 0.6 is 0 Å². The number of imidazole rings is 1. The number of hydrogen-bond acceptors (Lipinski definition) is 3. The molecule has 2 heterocycles. The molecule has 4 aromatic rings. The summed E-state index contributed by atoms with van der Waals surface area (Å²) in [6.45, 7) is 0.699. The number of fused-ring (bicyclic) bond motifs is 1. The molecule has 0 bridgehead atoms. The molecule has 1 saturated carbocycles. The molecule has 5 nitrogen and oxygen atoms in total. The van der Waals surface area contributed by atoms with Gasteiger partial charge >= 0.3 is 0 Å². The fraction of sp³-hybridized carbons (Fsp3) is 0.286. The zero-order valence-electron chi connectivity index (χ0n) is 14.6. The molecule has 2 aromatic heterocycles. The molecule has 1 N–H and O–H groups in total.